The molecule has 0 bridgehead atoms. The Morgan fingerprint density at radius 3 is 2.75 bits per heavy atom. The van der Waals surface area contributed by atoms with Crippen LogP contribution in [0, 0.1) is 11.3 Å². The second-order valence-corrected chi connectivity index (χ2v) is 7.46. The Bertz CT molecular complexity index is 362. The average molecular weight is 297 g/mol. The van der Waals surface area contributed by atoms with Gasteiger partial charge in [-0.2, -0.15) is 0 Å². The fourth-order valence-corrected chi connectivity index (χ4v) is 3.96. The number of rotatable bonds is 5. The van der Waals surface area contributed by atoms with Gasteiger partial charge in [-0.05, 0) is 24.2 Å². The lowest BCUT2D eigenvalue weighted by atomic mass is 9.89. The predicted molar refractivity (Wildman–Crippen MR) is 86.1 cm³/mol. The zero-order valence-electron chi connectivity index (χ0n) is 12.7. The van der Waals surface area contributed by atoms with Crippen LogP contribution in [0.3, 0.4) is 0 Å². The summed E-state index contributed by atoms with van der Waals surface area (Å²) in [5, 5.41) is 7.26. The van der Waals surface area contributed by atoms with Crippen molar-refractivity contribution in [1.29, 1.82) is 0 Å². The van der Waals surface area contributed by atoms with E-state index in [4.69, 9.17) is 0 Å². The maximum atomic E-state index is 11.6. The van der Waals surface area contributed by atoms with Crippen LogP contribution in [0.4, 0.5) is 0 Å². The van der Waals surface area contributed by atoms with Gasteiger partial charge in [-0.25, -0.2) is 0 Å². The molecule has 0 aromatic heterocycles. The summed E-state index contributed by atoms with van der Waals surface area (Å²) in [6.07, 6.45) is 5.95. The number of nitrogens with one attached hydrogen (secondary N) is 2. The Morgan fingerprint density at radius 2 is 2.15 bits per heavy atom. The van der Waals surface area contributed by atoms with Crippen LogP contribution in [0.2, 0.25) is 0 Å². The molecule has 1 aliphatic heterocycles. The first kappa shape index (κ1) is 15.7. The predicted octanol–water partition coefficient (Wildman–Crippen LogP) is 2.40. The molecule has 2 rings (SSSR count). The lowest BCUT2D eigenvalue weighted by molar-refractivity contribution is -0.121. The molecule has 1 fully saturated rings. The molecule has 0 aromatic carbocycles. The number of amidine groups is 1. The first-order chi connectivity index (χ1) is 9.60. The minimum absolute atomic E-state index is 0.125. The van der Waals surface area contributed by atoms with Crippen LogP contribution in [-0.2, 0) is 4.79 Å². The fraction of sp³-hybridized carbons (Fsp3) is 0.867. The number of amides is 1. The maximum absolute atomic E-state index is 11.6. The van der Waals surface area contributed by atoms with E-state index in [1.54, 1.807) is 0 Å². The van der Waals surface area contributed by atoms with E-state index in [0.29, 0.717) is 24.3 Å². The highest BCUT2D eigenvalue weighted by Crippen LogP contribution is 2.43. The molecule has 1 saturated carbocycles. The summed E-state index contributed by atoms with van der Waals surface area (Å²) in [7, 11) is 0. The Labute approximate surface area is 126 Å². The van der Waals surface area contributed by atoms with E-state index in [0.717, 1.165) is 18.3 Å². The molecule has 20 heavy (non-hydrogen) atoms. The van der Waals surface area contributed by atoms with Crippen molar-refractivity contribution in [2.75, 3.05) is 25.4 Å². The topological polar surface area (TPSA) is 53.5 Å². The third-order valence-electron chi connectivity index (χ3n) is 4.07. The molecule has 0 saturated heterocycles. The largest absolute Gasteiger partial charge is 0.364 e. The van der Waals surface area contributed by atoms with Crippen molar-refractivity contribution in [2.45, 2.75) is 46.0 Å². The number of thioether (sulfide) groups is 1. The van der Waals surface area contributed by atoms with E-state index in [2.05, 4.69) is 29.5 Å². The van der Waals surface area contributed by atoms with Gasteiger partial charge >= 0.3 is 0 Å². The van der Waals surface area contributed by atoms with E-state index in [-0.39, 0.29) is 5.91 Å². The lowest BCUT2D eigenvalue weighted by Gasteiger charge is -2.31. The van der Waals surface area contributed by atoms with Crippen molar-refractivity contribution in [3.05, 3.63) is 0 Å². The van der Waals surface area contributed by atoms with Crippen LogP contribution in [-0.4, -0.2) is 36.5 Å². The SMILES string of the molecule is CC(C)CNC(=O)CCNC1=NCC2(CCCC2)CS1. The van der Waals surface area contributed by atoms with Crippen LogP contribution in [0.1, 0.15) is 46.0 Å². The second-order valence-electron chi connectivity index (χ2n) is 6.49. The average Bonchev–Trinajstić information content (AvgIpc) is 2.87. The monoisotopic (exact) mass is 297 g/mol. The van der Waals surface area contributed by atoms with E-state index in [1.165, 1.54) is 31.4 Å². The van der Waals surface area contributed by atoms with E-state index < -0.39 is 0 Å². The molecule has 4 nitrogen and oxygen atoms in total. The van der Waals surface area contributed by atoms with Crippen molar-refractivity contribution < 1.29 is 4.79 Å². The maximum Gasteiger partial charge on any atom is 0.221 e. The van der Waals surface area contributed by atoms with E-state index in [1.807, 2.05) is 11.8 Å². The molecule has 1 spiro atoms. The number of hydrogen-bond donors (Lipinski definition) is 2. The van der Waals surface area contributed by atoms with Gasteiger partial charge in [0.15, 0.2) is 5.17 Å². The van der Waals surface area contributed by atoms with Gasteiger partial charge in [0, 0.05) is 31.8 Å². The minimum atomic E-state index is 0.125. The van der Waals surface area contributed by atoms with E-state index >= 15 is 0 Å². The van der Waals surface area contributed by atoms with Gasteiger partial charge in [-0.1, -0.05) is 38.5 Å². The van der Waals surface area contributed by atoms with Crippen LogP contribution >= 0.6 is 11.8 Å². The summed E-state index contributed by atoms with van der Waals surface area (Å²) >= 11 is 1.84. The van der Waals surface area contributed by atoms with Crippen LogP contribution in [0.5, 0.6) is 0 Å². The van der Waals surface area contributed by atoms with Crippen LogP contribution < -0.4 is 10.6 Å². The number of carbonyl (C=O) groups excluding carboxylic acids is 1. The standard InChI is InChI=1S/C15H27N3OS/c1-12(2)9-17-13(19)5-8-16-14-18-10-15(11-20-14)6-3-4-7-15/h12H,3-11H2,1-2H3,(H,16,18)(H,17,19). The van der Waals surface area contributed by atoms with Crippen molar-refractivity contribution >= 4 is 22.8 Å². The highest BCUT2D eigenvalue weighted by Gasteiger charge is 2.36. The minimum Gasteiger partial charge on any atom is -0.364 e. The van der Waals surface area contributed by atoms with Crippen LogP contribution in [0.25, 0.3) is 0 Å². The molecule has 5 heteroatoms. The number of aliphatic imine (C=N–C) groups is 1. The molecule has 0 radical (unpaired) electrons. The van der Waals surface area contributed by atoms with Crippen molar-refractivity contribution in [3.63, 3.8) is 0 Å². The Morgan fingerprint density at radius 1 is 1.40 bits per heavy atom. The smallest absolute Gasteiger partial charge is 0.221 e. The summed E-state index contributed by atoms with van der Waals surface area (Å²) in [6, 6.07) is 0. The zero-order valence-corrected chi connectivity index (χ0v) is 13.5. The molecule has 1 amide bonds. The van der Waals surface area contributed by atoms with Crippen molar-refractivity contribution in [3.8, 4) is 0 Å². The van der Waals surface area contributed by atoms with Gasteiger partial charge in [0.25, 0.3) is 0 Å². The Balaban J connectivity index is 1.63. The molecule has 0 unspecified atom stereocenters. The first-order valence-electron chi connectivity index (χ1n) is 7.77. The summed E-state index contributed by atoms with van der Waals surface area (Å²) in [5.41, 5.74) is 0.491. The van der Waals surface area contributed by atoms with Gasteiger partial charge in [0.1, 0.15) is 0 Å². The Hall–Kier alpha value is -0.710. The molecule has 2 N–H and O–H groups in total. The molecular formula is C15H27N3OS. The Kier molecular flexibility index (Phi) is 5.75. The normalized spacial score (nSPS) is 21.1. The summed E-state index contributed by atoms with van der Waals surface area (Å²) < 4.78 is 0. The molecule has 2 aliphatic rings. The van der Waals surface area contributed by atoms with Gasteiger partial charge in [-0.15, -0.1) is 0 Å². The van der Waals surface area contributed by atoms with Gasteiger partial charge in [-0.3, -0.25) is 9.79 Å². The highest BCUT2D eigenvalue weighted by molar-refractivity contribution is 8.13. The number of carbonyl (C=O) groups is 1. The second kappa shape index (κ2) is 7.34. The number of hydrogen-bond acceptors (Lipinski definition) is 4. The summed E-state index contributed by atoms with van der Waals surface area (Å²) in [6.45, 7) is 6.62. The third kappa shape index (κ3) is 4.69. The van der Waals surface area contributed by atoms with E-state index in [9.17, 15) is 4.79 Å². The molecule has 1 heterocycles. The molecule has 0 atom stereocenters. The molecule has 1 aliphatic carbocycles. The van der Waals surface area contributed by atoms with Gasteiger partial charge < -0.3 is 10.6 Å². The highest BCUT2D eigenvalue weighted by atomic mass is 32.2. The van der Waals surface area contributed by atoms with Gasteiger partial charge in [0.2, 0.25) is 5.91 Å². The fourth-order valence-electron chi connectivity index (χ4n) is 2.78. The van der Waals surface area contributed by atoms with Gasteiger partial charge in [0.05, 0.1) is 0 Å². The summed E-state index contributed by atoms with van der Waals surface area (Å²) in [5.74, 6) is 1.82. The summed E-state index contributed by atoms with van der Waals surface area (Å²) in [4.78, 5) is 16.3. The van der Waals surface area contributed by atoms with Crippen molar-refractivity contribution in [1.82, 2.24) is 10.6 Å². The number of nitrogens with zero attached hydrogens (tertiary/aromatic N) is 1. The zero-order chi connectivity index (χ0) is 14.4. The lowest BCUT2D eigenvalue weighted by Crippen LogP contribution is -2.35. The molecular weight excluding hydrogens is 270 g/mol. The molecule has 114 valence electrons. The van der Waals surface area contributed by atoms with Crippen LogP contribution in [0.15, 0.2) is 4.99 Å². The quantitative estimate of drug-likeness (QED) is 0.819. The molecule has 0 aromatic rings. The first-order valence-corrected chi connectivity index (χ1v) is 8.76. The third-order valence-corrected chi connectivity index (χ3v) is 5.38. The van der Waals surface area contributed by atoms with Crippen molar-refractivity contribution in [2.24, 2.45) is 16.3 Å².